The van der Waals surface area contributed by atoms with Gasteiger partial charge in [0, 0.05) is 12.4 Å². The molecule has 0 radical (unpaired) electrons. The number of ether oxygens (including phenoxy) is 1. The first-order valence-electron chi connectivity index (χ1n) is 5.99. The third-order valence-corrected chi connectivity index (χ3v) is 3.23. The van der Waals surface area contributed by atoms with Gasteiger partial charge in [0.15, 0.2) is 0 Å². The third-order valence-electron chi connectivity index (χ3n) is 3.23. The van der Waals surface area contributed by atoms with Crippen LogP contribution in [0.5, 0.6) is 0 Å². The SMILES string of the molecule is O=C(O)C1CCC(OCc2cccnc2)CC1. The molecular weight excluding hydrogens is 218 g/mol. The highest BCUT2D eigenvalue weighted by Gasteiger charge is 2.26. The molecule has 2 rings (SSSR count). The fourth-order valence-electron chi connectivity index (χ4n) is 2.17. The van der Waals surface area contributed by atoms with Crippen LogP contribution in [-0.2, 0) is 16.1 Å². The topological polar surface area (TPSA) is 59.4 Å². The van der Waals surface area contributed by atoms with E-state index >= 15 is 0 Å². The van der Waals surface area contributed by atoms with E-state index in [4.69, 9.17) is 9.84 Å². The Hall–Kier alpha value is -1.42. The third kappa shape index (κ3) is 3.53. The lowest BCUT2D eigenvalue weighted by Crippen LogP contribution is -2.25. The number of hydrogen-bond acceptors (Lipinski definition) is 3. The van der Waals surface area contributed by atoms with Crippen molar-refractivity contribution in [2.45, 2.75) is 38.4 Å². The van der Waals surface area contributed by atoms with E-state index in [0.29, 0.717) is 6.61 Å². The highest BCUT2D eigenvalue weighted by Crippen LogP contribution is 2.26. The maximum absolute atomic E-state index is 10.8. The van der Waals surface area contributed by atoms with E-state index in [2.05, 4.69) is 4.98 Å². The average molecular weight is 235 g/mol. The number of pyridine rings is 1. The second kappa shape index (κ2) is 5.77. The molecule has 1 aliphatic rings. The molecular formula is C13H17NO3. The number of carboxylic acids is 1. The van der Waals surface area contributed by atoms with Crippen molar-refractivity contribution in [3.05, 3.63) is 30.1 Å². The molecule has 4 nitrogen and oxygen atoms in total. The van der Waals surface area contributed by atoms with Gasteiger partial charge in [-0.1, -0.05) is 6.07 Å². The zero-order valence-electron chi connectivity index (χ0n) is 9.71. The van der Waals surface area contributed by atoms with Gasteiger partial charge in [-0.2, -0.15) is 0 Å². The molecule has 92 valence electrons. The first-order chi connectivity index (χ1) is 8.25. The zero-order chi connectivity index (χ0) is 12.1. The summed E-state index contributed by atoms with van der Waals surface area (Å²) in [5, 5.41) is 8.88. The Morgan fingerprint density at radius 1 is 1.41 bits per heavy atom. The molecule has 0 spiro atoms. The molecule has 0 unspecified atom stereocenters. The van der Waals surface area contributed by atoms with Crippen LogP contribution in [0.3, 0.4) is 0 Å². The normalized spacial score (nSPS) is 24.5. The monoisotopic (exact) mass is 235 g/mol. The minimum absolute atomic E-state index is 0.173. The number of nitrogens with zero attached hydrogens (tertiary/aromatic N) is 1. The van der Waals surface area contributed by atoms with Crippen LogP contribution in [0.25, 0.3) is 0 Å². The first-order valence-corrected chi connectivity index (χ1v) is 5.99. The molecule has 1 fully saturated rings. The van der Waals surface area contributed by atoms with Crippen LogP contribution < -0.4 is 0 Å². The van der Waals surface area contributed by atoms with Crippen LogP contribution in [0, 0.1) is 5.92 Å². The number of carbonyl (C=O) groups is 1. The van der Waals surface area contributed by atoms with Gasteiger partial charge in [-0.05, 0) is 37.3 Å². The van der Waals surface area contributed by atoms with Gasteiger partial charge in [0.2, 0.25) is 0 Å². The number of hydrogen-bond donors (Lipinski definition) is 1. The summed E-state index contributed by atoms with van der Waals surface area (Å²) >= 11 is 0. The van der Waals surface area contributed by atoms with Crippen molar-refractivity contribution < 1.29 is 14.6 Å². The molecule has 1 aromatic rings. The van der Waals surface area contributed by atoms with Gasteiger partial charge in [-0.25, -0.2) is 0 Å². The Morgan fingerprint density at radius 3 is 2.76 bits per heavy atom. The van der Waals surface area contributed by atoms with E-state index in [-0.39, 0.29) is 12.0 Å². The first kappa shape index (κ1) is 12.0. The molecule has 0 aromatic carbocycles. The lowest BCUT2D eigenvalue weighted by atomic mass is 9.87. The van der Waals surface area contributed by atoms with Crippen LogP contribution in [0.15, 0.2) is 24.5 Å². The maximum Gasteiger partial charge on any atom is 0.306 e. The van der Waals surface area contributed by atoms with E-state index in [1.54, 1.807) is 12.4 Å². The van der Waals surface area contributed by atoms with Gasteiger partial charge in [0.25, 0.3) is 0 Å². The van der Waals surface area contributed by atoms with E-state index < -0.39 is 5.97 Å². The Morgan fingerprint density at radius 2 is 2.18 bits per heavy atom. The van der Waals surface area contributed by atoms with Crippen LogP contribution in [-0.4, -0.2) is 22.2 Å². The number of carboxylic acid groups (broad SMARTS) is 1. The van der Waals surface area contributed by atoms with Gasteiger partial charge in [0.05, 0.1) is 18.6 Å². The Bertz CT molecular complexity index is 358. The van der Waals surface area contributed by atoms with E-state index in [1.807, 2.05) is 12.1 Å². The predicted octanol–water partition coefficient (Wildman–Crippen LogP) is 2.24. The van der Waals surface area contributed by atoms with Crippen LogP contribution in [0.2, 0.25) is 0 Å². The predicted molar refractivity (Wildman–Crippen MR) is 62.4 cm³/mol. The summed E-state index contributed by atoms with van der Waals surface area (Å²) in [4.78, 5) is 14.8. The molecule has 1 saturated carbocycles. The smallest absolute Gasteiger partial charge is 0.306 e. The Kier molecular flexibility index (Phi) is 4.09. The van der Waals surface area contributed by atoms with Gasteiger partial charge < -0.3 is 9.84 Å². The Balaban J connectivity index is 1.74. The van der Waals surface area contributed by atoms with Crippen molar-refractivity contribution in [2.24, 2.45) is 5.92 Å². The van der Waals surface area contributed by atoms with Crippen molar-refractivity contribution in [1.29, 1.82) is 0 Å². The van der Waals surface area contributed by atoms with Gasteiger partial charge in [-0.15, -0.1) is 0 Å². The molecule has 4 heteroatoms. The van der Waals surface area contributed by atoms with Gasteiger partial charge in [-0.3, -0.25) is 9.78 Å². The highest BCUT2D eigenvalue weighted by molar-refractivity contribution is 5.70. The molecule has 0 atom stereocenters. The summed E-state index contributed by atoms with van der Waals surface area (Å²) in [5.74, 6) is -0.844. The largest absolute Gasteiger partial charge is 0.481 e. The summed E-state index contributed by atoms with van der Waals surface area (Å²) in [6.45, 7) is 0.566. The average Bonchev–Trinajstić information content (AvgIpc) is 2.38. The minimum Gasteiger partial charge on any atom is -0.481 e. The van der Waals surface area contributed by atoms with Crippen LogP contribution >= 0.6 is 0 Å². The van der Waals surface area contributed by atoms with Crippen LogP contribution in [0.4, 0.5) is 0 Å². The molecule has 1 heterocycles. The molecule has 1 N–H and O–H groups in total. The molecule has 0 saturated heterocycles. The van der Waals surface area contributed by atoms with Crippen molar-refractivity contribution in [1.82, 2.24) is 4.98 Å². The standard InChI is InChI=1S/C13H17NO3/c15-13(16)11-3-5-12(6-4-11)17-9-10-2-1-7-14-8-10/h1-2,7-8,11-12H,3-6,9H2,(H,15,16). The van der Waals surface area contributed by atoms with Gasteiger partial charge in [0.1, 0.15) is 0 Å². The molecule has 17 heavy (non-hydrogen) atoms. The number of rotatable bonds is 4. The van der Waals surface area contributed by atoms with Crippen molar-refractivity contribution in [3.63, 3.8) is 0 Å². The fourth-order valence-corrected chi connectivity index (χ4v) is 2.17. The summed E-state index contributed by atoms with van der Waals surface area (Å²) in [5.41, 5.74) is 1.06. The number of aromatic nitrogens is 1. The fraction of sp³-hybridized carbons (Fsp3) is 0.538. The molecule has 1 aliphatic carbocycles. The maximum atomic E-state index is 10.8. The van der Waals surface area contributed by atoms with E-state index in [0.717, 1.165) is 31.2 Å². The van der Waals surface area contributed by atoms with Crippen molar-refractivity contribution >= 4 is 5.97 Å². The molecule has 0 aliphatic heterocycles. The zero-order valence-corrected chi connectivity index (χ0v) is 9.71. The van der Waals surface area contributed by atoms with Crippen molar-refractivity contribution in [3.8, 4) is 0 Å². The van der Waals surface area contributed by atoms with Crippen molar-refractivity contribution in [2.75, 3.05) is 0 Å². The Labute approximate surface area is 101 Å². The summed E-state index contributed by atoms with van der Waals surface area (Å²) in [6.07, 6.45) is 6.88. The second-order valence-electron chi connectivity index (χ2n) is 4.48. The lowest BCUT2D eigenvalue weighted by Gasteiger charge is -2.26. The molecule has 0 amide bonds. The summed E-state index contributed by atoms with van der Waals surface area (Å²) in [6, 6.07) is 3.87. The lowest BCUT2D eigenvalue weighted by molar-refractivity contribution is -0.143. The van der Waals surface area contributed by atoms with Gasteiger partial charge >= 0.3 is 5.97 Å². The van der Waals surface area contributed by atoms with Crippen LogP contribution in [0.1, 0.15) is 31.2 Å². The minimum atomic E-state index is -0.671. The molecule has 1 aromatic heterocycles. The van der Waals surface area contributed by atoms with E-state index in [9.17, 15) is 4.79 Å². The molecule has 0 bridgehead atoms. The quantitative estimate of drug-likeness (QED) is 0.869. The second-order valence-corrected chi connectivity index (χ2v) is 4.48. The van der Waals surface area contributed by atoms with E-state index in [1.165, 1.54) is 0 Å². The highest BCUT2D eigenvalue weighted by atomic mass is 16.5. The summed E-state index contributed by atoms with van der Waals surface area (Å²) in [7, 11) is 0. The summed E-state index contributed by atoms with van der Waals surface area (Å²) < 4.78 is 5.76. The number of aliphatic carboxylic acids is 1.